The molecule has 0 radical (unpaired) electrons. The summed E-state index contributed by atoms with van der Waals surface area (Å²) in [6.07, 6.45) is 7.20. The number of fused-ring (bicyclic) bond motifs is 1. The third-order valence-electron chi connectivity index (χ3n) is 8.65. The van der Waals surface area contributed by atoms with Crippen LogP contribution in [0.1, 0.15) is 57.0 Å². The molecule has 9 heteroatoms. The fraction of sp³-hybridized carbons (Fsp3) is 0.548. The number of likely N-dealkylation sites (N-methyl/N-ethyl adjacent to an activating group) is 1. The molecular formula is C31H40N6O3. The Hall–Kier alpha value is -3.48. The van der Waals surface area contributed by atoms with Crippen LogP contribution in [-0.4, -0.2) is 82.8 Å². The topological polar surface area (TPSA) is 96.5 Å². The number of ether oxygens (including phenoxy) is 2. The third-order valence-corrected chi connectivity index (χ3v) is 8.65. The first-order chi connectivity index (χ1) is 19.0. The number of piperidine rings is 1. The van der Waals surface area contributed by atoms with Gasteiger partial charge in [-0.1, -0.05) is 7.43 Å². The number of hydrogen-bond acceptors (Lipinski definition) is 7. The summed E-state index contributed by atoms with van der Waals surface area (Å²) in [6, 6.07) is 10.6. The summed E-state index contributed by atoms with van der Waals surface area (Å²) in [5, 5.41) is 10.5. The second-order valence-corrected chi connectivity index (χ2v) is 11.2. The zero-order valence-electron chi connectivity index (χ0n) is 22.8. The lowest BCUT2D eigenvalue weighted by Crippen LogP contribution is -2.47. The molecule has 6 rings (SSSR count). The molecule has 2 aromatic heterocycles. The molecule has 9 nitrogen and oxygen atoms in total. The van der Waals surface area contributed by atoms with E-state index in [0.717, 1.165) is 85.3 Å². The molecule has 1 amide bonds. The number of benzene rings is 1. The van der Waals surface area contributed by atoms with Gasteiger partial charge >= 0.3 is 0 Å². The van der Waals surface area contributed by atoms with Gasteiger partial charge in [0, 0.05) is 30.2 Å². The van der Waals surface area contributed by atoms with Gasteiger partial charge in [-0.3, -0.25) is 9.69 Å². The monoisotopic (exact) mass is 544 g/mol. The first kappa shape index (κ1) is 28.1. The Morgan fingerprint density at radius 3 is 2.60 bits per heavy atom. The van der Waals surface area contributed by atoms with Crippen molar-refractivity contribution in [3.63, 3.8) is 0 Å². The van der Waals surface area contributed by atoms with Gasteiger partial charge in [-0.15, -0.1) is 0 Å². The number of amides is 1. The largest absolute Gasteiger partial charge is 0.493 e. The Balaban J connectivity index is 0.00000323. The van der Waals surface area contributed by atoms with Crippen molar-refractivity contribution in [3.05, 3.63) is 41.9 Å². The van der Waals surface area contributed by atoms with Gasteiger partial charge < -0.3 is 18.9 Å². The summed E-state index contributed by atoms with van der Waals surface area (Å²) in [5.74, 6) is 1.93. The number of aryl methyl sites for hydroxylation is 1. The maximum atomic E-state index is 12.9. The predicted octanol–water partition coefficient (Wildman–Crippen LogP) is 4.59. The second kappa shape index (κ2) is 11.9. The minimum atomic E-state index is 0. The van der Waals surface area contributed by atoms with Crippen molar-refractivity contribution in [2.24, 2.45) is 5.92 Å². The van der Waals surface area contributed by atoms with Gasteiger partial charge in [-0.05, 0) is 88.4 Å². The average molecular weight is 545 g/mol. The van der Waals surface area contributed by atoms with Crippen LogP contribution in [0.3, 0.4) is 0 Å². The summed E-state index contributed by atoms with van der Waals surface area (Å²) >= 11 is 0. The van der Waals surface area contributed by atoms with E-state index in [-0.39, 0.29) is 25.3 Å². The van der Waals surface area contributed by atoms with Gasteiger partial charge in [0.25, 0.3) is 0 Å². The van der Waals surface area contributed by atoms with Crippen LogP contribution in [-0.2, 0) is 9.53 Å². The quantitative estimate of drug-likeness (QED) is 0.429. The SMILES string of the molecule is C.Cc1cc(-c2nc(C#N)nc3c2ccn3C2COC2)ccc1OCCC1CCN(C(=O)[C@@H]2CCCN2C)CC1. The van der Waals surface area contributed by atoms with Gasteiger partial charge in [0.15, 0.2) is 0 Å². The summed E-state index contributed by atoms with van der Waals surface area (Å²) < 4.78 is 13.6. The van der Waals surface area contributed by atoms with Gasteiger partial charge in [0.05, 0.1) is 37.6 Å². The maximum absolute atomic E-state index is 12.9. The van der Waals surface area contributed by atoms with Gasteiger partial charge in [0.1, 0.15) is 17.5 Å². The fourth-order valence-corrected chi connectivity index (χ4v) is 6.15. The van der Waals surface area contributed by atoms with Crippen molar-refractivity contribution < 1.29 is 14.3 Å². The van der Waals surface area contributed by atoms with Crippen LogP contribution in [0.15, 0.2) is 30.5 Å². The lowest BCUT2D eigenvalue weighted by atomic mass is 9.93. The average Bonchev–Trinajstić information content (AvgIpc) is 3.54. The van der Waals surface area contributed by atoms with E-state index in [1.54, 1.807) is 0 Å². The number of nitriles is 1. The van der Waals surface area contributed by atoms with E-state index in [1.165, 1.54) is 0 Å². The molecule has 1 atom stereocenters. The van der Waals surface area contributed by atoms with Crippen molar-refractivity contribution >= 4 is 16.9 Å². The molecule has 3 aromatic rings. The molecule has 5 heterocycles. The number of likely N-dealkylation sites (tertiary alicyclic amines) is 2. The minimum absolute atomic E-state index is 0. The van der Waals surface area contributed by atoms with E-state index < -0.39 is 0 Å². The number of nitrogens with zero attached hydrogens (tertiary/aromatic N) is 6. The van der Waals surface area contributed by atoms with E-state index in [4.69, 9.17) is 9.47 Å². The molecule has 3 saturated heterocycles. The van der Waals surface area contributed by atoms with Crippen molar-refractivity contribution in [2.45, 2.75) is 58.5 Å². The number of hydrogen-bond donors (Lipinski definition) is 0. The molecule has 3 aliphatic heterocycles. The second-order valence-electron chi connectivity index (χ2n) is 11.2. The molecule has 0 saturated carbocycles. The van der Waals surface area contributed by atoms with Crippen LogP contribution in [0.5, 0.6) is 5.75 Å². The Morgan fingerprint density at radius 1 is 1.15 bits per heavy atom. The Kier molecular flexibility index (Phi) is 8.38. The van der Waals surface area contributed by atoms with E-state index in [1.807, 2.05) is 31.3 Å². The lowest BCUT2D eigenvalue weighted by molar-refractivity contribution is -0.137. The van der Waals surface area contributed by atoms with E-state index in [0.29, 0.717) is 31.6 Å². The zero-order chi connectivity index (χ0) is 26.9. The molecule has 0 bridgehead atoms. The highest BCUT2D eigenvalue weighted by Gasteiger charge is 2.33. The number of carbonyl (C=O) groups excluding carboxylic acids is 1. The summed E-state index contributed by atoms with van der Waals surface area (Å²) in [4.78, 5) is 26.2. The van der Waals surface area contributed by atoms with E-state index in [2.05, 4.69) is 43.5 Å². The molecular weight excluding hydrogens is 504 g/mol. The first-order valence-corrected chi connectivity index (χ1v) is 14.1. The maximum Gasteiger partial charge on any atom is 0.239 e. The smallest absolute Gasteiger partial charge is 0.239 e. The fourth-order valence-electron chi connectivity index (χ4n) is 6.15. The van der Waals surface area contributed by atoms with Crippen LogP contribution in [0.25, 0.3) is 22.3 Å². The van der Waals surface area contributed by atoms with Crippen LogP contribution >= 0.6 is 0 Å². The van der Waals surface area contributed by atoms with Gasteiger partial charge in [-0.25, -0.2) is 9.97 Å². The molecule has 0 aliphatic carbocycles. The molecule has 0 N–H and O–H groups in total. The van der Waals surface area contributed by atoms with Crippen molar-refractivity contribution in [1.29, 1.82) is 5.26 Å². The molecule has 40 heavy (non-hydrogen) atoms. The molecule has 1 aromatic carbocycles. The van der Waals surface area contributed by atoms with Crippen LogP contribution in [0, 0.1) is 24.2 Å². The Labute approximate surface area is 236 Å². The first-order valence-electron chi connectivity index (χ1n) is 14.1. The number of rotatable bonds is 7. The summed E-state index contributed by atoms with van der Waals surface area (Å²) in [5.41, 5.74) is 3.50. The molecule has 3 aliphatic rings. The number of aromatic nitrogens is 3. The summed E-state index contributed by atoms with van der Waals surface area (Å²) in [6.45, 7) is 6.76. The number of carbonyl (C=O) groups is 1. The van der Waals surface area contributed by atoms with E-state index >= 15 is 0 Å². The Bertz CT molecular complexity index is 1400. The summed E-state index contributed by atoms with van der Waals surface area (Å²) in [7, 11) is 2.06. The highest BCUT2D eigenvalue weighted by molar-refractivity contribution is 5.91. The van der Waals surface area contributed by atoms with Crippen molar-refractivity contribution in [2.75, 3.05) is 46.5 Å². The zero-order valence-corrected chi connectivity index (χ0v) is 22.8. The van der Waals surface area contributed by atoms with Gasteiger partial charge in [0.2, 0.25) is 11.7 Å². The highest BCUT2D eigenvalue weighted by Crippen LogP contribution is 2.33. The molecule has 3 fully saturated rings. The third kappa shape index (κ3) is 5.43. The molecule has 0 spiro atoms. The predicted molar refractivity (Wildman–Crippen MR) is 154 cm³/mol. The lowest BCUT2D eigenvalue weighted by Gasteiger charge is -2.34. The van der Waals surface area contributed by atoms with Crippen LogP contribution in [0.2, 0.25) is 0 Å². The highest BCUT2D eigenvalue weighted by atomic mass is 16.5. The van der Waals surface area contributed by atoms with Gasteiger partial charge in [-0.2, -0.15) is 5.26 Å². The minimum Gasteiger partial charge on any atom is -0.493 e. The normalized spacial score (nSPS) is 20.2. The molecule has 0 unspecified atom stereocenters. The van der Waals surface area contributed by atoms with Crippen LogP contribution < -0.4 is 4.74 Å². The van der Waals surface area contributed by atoms with E-state index in [9.17, 15) is 10.1 Å². The van der Waals surface area contributed by atoms with Crippen LogP contribution in [0.4, 0.5) is 0 Å². The van der Waals surface area contributed by atoms with Crippen molar-refractivity contribution in [3.8, 4) is 23.1 Å². The van der Waals surface area contributed by atoms with Crippen molar-refractivity contribution in [1.82, 2.24) is 24.3 Å². The molecule has 212 valence electrons. The Morgan fingerprint density at radius 2 is 1.95 bits per heavy atom. The standard InChI is InChI=1S/C30H36N6O3.CH4/c1-20-16-22(28-24-9-14-36(23-18-38-19-23)29(24)33-27(17-31)32-28)5-6-26(20)39-15-10-21-7-12-35(13-8-21)30(37)25-4-3-11-34(25)2;/h5-6,9,14,16,21,23,25H,3-4,7-8,10-13,15,18-19H2,1-2H3;1H4/t25-;/m0./s1.